The summed E-state index contributed by atoms with van der Waals surface area (Å²) in [7, 11) is 1.68. The number of para-hydroxylation sites is 1. The molecule has 0 aromatic heterocycles. The largest absolute Gasteiger partial charge is 0.398 e. The van der Waals surface area contributed by atoms with Gasteiger partial charge in [-0.3, -0.25) is 0 Å². The van der Waals surface area contributed by atoms with E-state index in [1.165, 1.54) is 0 Å². The van der Waals surface area contributed by atoms with Crippen LogP contribution < -0.4 is 5.73 Å². The predicted molar refractivity (Wildman–Crippen MR) is 46.3 cm³/mol. The van der Waals surface area contributed by atoms with Crippen LogP contribution in [0.1, 0.15) is 18.6 Å². The number of methoxy groups -OCH3 is 1. The van der Waals surface area contributed by atoms with E-state index in [0.29, 0.717) is 0 Å². The number of anilines is 1. The smallest absolute Gasteiger partial charge is 0.0812 e. The summed E-state index contributed by atoms with van der Waals surface area (Å²) >= 11 is 0. The van der Waals surface area contributed by atoms with Crippen molar-refractivity contribution in [3.63, 3.8) is 0 Å². The van der Waals surface area contributed by atoms with Crippen LogP contribution in [0.15, 0.2) is 24.3 Å². The van der Waals surface area contributed by atoms with E-state index in [0.717, 1.165) is 11.3 Å². The first kappa shape index (κ1) is 8.08. The Labute approximate surface area is 67.0 Å². The zero-order valence-corrected chi connectivity index (χ0v) is 6.87. The third-order valence-corrected chi connectivity index (χ3v) is 1.79. The summed E-state index contributed by atoms with van der Waals surface area (Å²) in [6.07, 6.45) is 0.0798. The Hall–Kier alpha value is -1.02. The van der Waals surface area contributed by atoms with E-state index in [4.69, 9.17) is 10.5 Å². The first-order valence-electron chi connectivity index (χ1n) is 3.63. The third-order valence-electron chi connectivity index (χ3n) is 1.79. The molecular weight excluding hydrogens is 138 g/mol. The maximum absolute atomic E-state index is 5.72. The maximum Gasteiger partial charge on any atom is 0.0812 e. The molecule has 1 aromatic carbocycles. The Morgan fingerprint density at radius 1 is 1.36 bits per heavy atom. The number of nitrogen functional groups attached to an aromatic ring is 1. The minimum atomic E-state index is 0.0798. The fourth-order valence-electron chi connectivity index (χ4n) is 1.01. The van der Waals surface area contributed by atoms with Gasteiger partial charge in [0.1, 0.15) is 0 Å². The molecule has 0 aliphatic heterocycles. The van der Waals surface area contributed by atoms with Gasteiger partial charge in [0.05, 0.1) is 6.10 Å². The fourth-order valence-corrected chi connectivity index (χ4v) is 1.01. The minimum absolute atomic E-state index is 0.0798. The van der Waals surface area contributed by atoms with Gasteiger partial charge in [-0.2, -0.15) is 0 Å². The van der Waals surface area contributed by atoms with E-state index < -0.39 is 0 Å². The normalized spacial score (nSPS) is 12.9. The lowest BCUT2D eigenvalue weighted by Gasteiger charge is -2.11. The summed E-state index contributed by atoms with van der Waals surface area (Å²) < 4.78 is 5.14. The molecule has 11 heavy (non-hydrogen) atoms. The highest BCUT2D eigenvalue weighted by molar-refractivity contribution is 5.47. The van der Waals surface area contributed by atoms with Crippen molar-refractivity contribution in [2.45, 2.75) is 13.0 Å². The number of hydrogen-bond donors (Lipinski definition) is 1. The van der Waals surface area contributed by atoms with Crippen LogP contribution in [0.2, 0.25) is 0 Å². The Morgan fingerprint density at radius 3 is 2.55 bits per heavy atom. The Kier molecular flexibility index (Phi) is 2.49. The molecule has 2 N–H and O–H groups in total. The molecule has 1 aromatic rings. The molecule has 2 heteroatoms. The van der Waals surface area contributed by atoms with Crippen molar-refractivity contribution in [3.8, 4) is 0 Å². The Balaban J connectivity index is 2.93. The molecule has 1 atom stereocenters. The van der Waals surface area contributed by atoms with E-state index in [1.807, 2.05) is 31.2 Å². The second-order valence-corrected chi connectivity index (χ2v) is 2.51. The van der Waals surface area contributed by atoms with Gasteiger partial charge in [-0.25, -0.2) is 0 Å². The van der Waals surface area contributed by atoms with Crippen LogP contribution >= 0.6 is 0 Å². The van der Waals surface area contributed by atoms with Crippen LogP contribution in [-0.4, -0.2) is 7.11 Å². The first-order valence-corrected chi connectivity index (χ1v) is 3.63. The molecule has 1 unspecified atom stereocenters. The molecule has 0 amide bonds. The van der Waals surface area contributed by atoms with Gasteiger partial charge in [-0.05, 0) is 13.0 Å². The monoisotopic (exact) mass is 151 g/mol. The van der Waals surface area contributed by atoms with Crippen molar-refractivity contribution in [2.75, 3.05) is 12.8 Å². The van der Waals surface area contributed by atoms with Crippen LogP contribution in [0.5, 0.6) is 0 Å². The van der Waals surface area contributed by atoms with Gasteiger partial charge >= 0.3 is 0 Å². The Bertz CT molecular complexity index is 235. The molecule has 60 valence electrons. The summed E-state index contributed by atoms with van der Waals surface area (Å²) in [5.74, 6) is 0. The number of benzene rings is 1. The van der Waals surface area contributed by atoms with E-state index >= 15 is 0 Å². The highest BCUT2D eigenvalue weighted by Crippen LogP contribution is 2.21. The molecular formula is C9H13NO. The van der Waals surface area contributed by atoms with Crippen LogP contribution in [0.3, 0.4) is 0 Å². The molecule has 0 fully saturated rings. The Morgan fingerprint density at radius 2 is 2.00 bits per heavy atom. The van der Waals surface area contributed by atoms with Crippen molar-refractivity contribution >= 4 is 5.69 Å². The van der Waals surface area contributed by atoms with Gasteiger partial charge in [0.15, 0.2) is 0 Å². The second kappa shape index (κ2) is 3.39. The van der Waals surface area contributed by atoms with Crippen molar-refractivity contribution in [1.82, 2.24) is 0 Å². The lowest BCUT2D eigenvalue weighted by atomic mass is 10.1. The number of rotatable bonds is 2. The predicted octanol–water partition coefficient (Wildman–Crippen LogP) is 1.98. The van der Waals surface area contributed by atoms with Gasteiger partial charge in [0.25, 0.3) is 0 Å². The maximum atomic E-state index is 5.72. The van der Waals surface area contributed by atoms with Gasteiger partial charge in [-0.15, -0.1) is 0 Å². The van der Waals surface area contributed by atoms with Crippen LogP contribution in [0.25, 0.3) is 0 Å². The van der Waals surface area contributed by atoms with E-state index in [2.05, 4.69) is 0 Å². The lowest BCUT2D eigenvalue weighted by molar-refractivity contribution is 0.120. The average molecular weight is 151 g/mol. The van der Waals surface area contributed by atoms with Crippen molar-refractivity contribution in [3.05, 3.63) is 29.8 Å². The molecule has 0 saturated carbocycles. The summed E-state index contributed by atoms with van der Waals surface area (Å²) in [6.45, 7) is 1.98. The zero-order valence-electron chi connectivity index (χ0n) is 6.87. The molecule has 1 rings (SSSR count). The molecule has 0 aliphatic carbocycles. The zero-order chi connectivity index (χ0) is 8.27. The molecule has 0 aliphatic rings. The van der Waals surface area contributed by atoms with Crippen LogP contribution in [-0.2, 0) is 4.74 Å². The van der Waals surface area contributed by atoms with Gasteiger partial charge in [0, 0.05) is 18.4 Å². The third kappa shape index (κ3) is 1.71. The van der Waals surface area contributed by atoms with Crippen LogP contribution in [0.4, 0.5) is 5.69 Å². The van der Waals surface area contributed by atoms with E-state index in [1.54, 1.807) is 7.11 Å². The molecule has 0 heterocycles. The molecule has 0 radical (unpaired) electrons. The van der Waals surface area contributed by atoms with E-state index in [-0.39, 0.29) is 6.10 Å². The van der Waals surface area contributed by atoms with Crippen molar-refractivity contribution < 1.29 is 4.74 Å². The topological polar surface area (TPSA) is 35.2 Å². The second-order valence-electron chi connectivity index (χ2n) is 2.51. The van der Waals surface area contributed by atoms with Crippen molar-refractivity contribution in [1.29, 1.82) is 0 Å². The van der Waals surface area contributed by atoms with Gasteiger partial charge in [0.2, 0.25) is 0 Å². The molecule has 0 bridgehead atoms. The molecule has 0 saturated heterocycles. The average Bonchev–Trinajstić information content (AvgIpc) is 2.04. The SMILES string of the molecule is COC(C)c1ccccc1N. The minimum Gasteiger partial charge on any atom is -0.398 e. The highest BCUT2D eigenvalue weighted by atomic mass is 16.5. The van der Waals surface area contributed by atoms with Crippen molar-refractivity contribution in [2.24, 2.45) is 0 Å². The van der Waals surface area contributed by atoms with Gasteiger partial charge < -0.3 is 10.5 Å². The molecule has 2 nitrogen and oxygen atoms in total. The number of nitrogens with two attached hydrogens (primary N) is 1. The lowest BCUT2D eigenvalue weighted by Crippen LogP contribution is -2.00. The summed E-state index contributed by atoms with van der Waals surface area (Å²) in [6, 6.07) is 7.73. The summed E-state index contributed by atoms with van der Waals surface area (Å²) in [5, 5.41) is 0. The van der Waals surface area contributed by atoms with E-state index in [9.17, 15) is 0 Å². The van der Waals surface area contributed by atoms with Crippen LogP contribution in [0, 0.1) is 0 Å². The number of ether oxygens (including phenoxy) is 1. The number of hydrogen-bond acceptors (Lipinski definition) is 2. The standard InChI is InChI=1S/C9H13NO/c1-7(11-2)8-5-3-4-6-9(8)10/h3-7H,10H2,1-2H3. The highest BCUT2D eigenvalue weighted by Gasteiger charge is 2.05. The summed E-state index contributed by atoms with van der Waals surface area (Å²) in [4.78, 5) is 0. The quantitative estimate of drug-likeness (QED) is 0.656. The summed E-state index contributed by atoms with van der Waals surface area (Å²) in [5.41, 5.74) is 7.56. The molecule has 0 spiro atoms. The first-order chi connectivity index (χ1) is 5.25. The fraction of sp³-hybridized carbons (Fsp3) is 0.333. The van der Waals surface area contributed by atoms with Gasteiger partial charge in [-0.1, -0.05) is 18.2 Å².